The Kier molecular flexibility index (Phi) is 14.2. The highest BCUT2D eigenvalue weighted by atomic mass is 31.2. The Morgan fingerprint density at radius 2 is 1.63 bits per heavy atom. The first-order valence-electron chi connectivity index (χ1n) is 13.0. The first-order valence-corrected chi connectivity index (χ1v) is 16.0. The number of aliphatic hydroxyl groups is 1. The van der Waals surface area contributed by atoms with E-state index in [0.717, 1.165) is 7.11 Å². The number of esters is 2. The predicted molar refractivity (Wildman–Crippen MR) is 143 cm³/mol. The summed E-state index contributed by atoms with van der Waals surface area (Å²) in [6, 6.07) is 4.36. The van der Waals surface area contributed by atoms with Gasteiger partial charge in [-0.15, -0.1) is 0 Å². The number of carbonyl (C=O) groups excluding carboxylic acids is 2. The summed E-state index contributed by atoms with van der Waals surface area (Å²) in [6.07, 6.45) is -10.8. The Hall–Kier alpha value is -1.98. The first-order chi connectivity index (χ1) is 20.0. The van der Waals surface area contributed by atoms with Crippen LogP contribution in [0.3, 0.4) is 0 Å². The van der Waals surface area contributed by atoms with Crippen LogP contribution in [0.15, 0.2) is 18.2 Å². The maximum atomic E-state index is 13.2. The number of phosphoric ester groups is 2. The summed E-state index contributed by atoms with van der Waals surface area (Å²) in [5, 5.41) is 20.3. The molecule has 1 aromatic carbocycles. The molecule has 17 nitrogen and oxygen atoms in total. The van der Waals surface area contributed by atoms with Crippen molar-refractivity contribution in [1.82, 2.24) is 0 Å². The summed E-state index contributed by atoms with van der Waals surface area (Å²) < 4.78 is 61.4. The van der Waals surface area contributed by atoms with E-state index >= 15 is 0 Å². The molecule has 5 N–H and O–H groups in total. The highest BCUT2D eigenvalue weighted by Gasteiger charge is 2.57. The summed E-state index contributed by atoms with van der Waals surface area (Å²) >= 11 is 0. The summed E-state index contributed by atoms with van der Waals surface area (Å²) in [7, 11) is -9.40. The lowest BCUT2D eigenvalue weighted by molar-refractivity contribution is -0.349. The van der Waals surface area contributed by atoms with E-state index in [0.29, 0.717) is 11.1 Å². The summed E-state index contributed by atoms with van der Waals surface area (Å²) in [6.45, 7) is 5.52. The molecular weight excluding hydrogens is 622 g/mol. The molecule has 0 radical (unpaired) electrons. The zero-order valence-electron chi connectivity index (χ0n) is 24.1. The van der Waals surface area contributed by atoms with Crippen molar-refractivity contribution in [2.75, 3.05) is 20.3 Å². The van der Waals surface area contributed by atoms with Crippen LogP contribution in [0, 0.1) is 12.8 Å². The van der Waals surface area contributed by atoms with Crippen LogP contribution in [0.25, 0.3) is 0 Å². The average molecular weight is 660 g/mol. The Balaban J connectivity index is 2.38. The molecule has 0 saturated heterocycles. The molecule has 8 atom stereocenters. The second-order valence-corrected chi connectivity index (χ2v) is 12.3. The second kappa shape index (κ2) is 16.4. The third-order valence-electron chi connectivity index (χ3n) is 6.16. The fourth-order valence-corrected chi connectivity index (χ4v) is 5.77. The second-order valence-electron chi connectivity index (χ2n) is 9.77. The van der Waals surface area contributed by atoms with E-state index in [4.69, 9.17) is 32.5 Å². The van der Waals surface area contributed by atoms with Gasteiger partial charge in [-0.1, -0.05) is 19.9 Å². The smallest absolute Gasteiger partial charge is 0.466 e. The van der Waals surface area contributed by atoms with E-state index in [-0.39, 0.29) is 32.0 Å². The number of ether oxygens (including phenoxy) is 4. The van der Waals surface area contributed by atoms with Crippen LogP contribution in [0.4, 0.5) is 0 Å². The number of hydrogen-bond donors (Lipinski definition) is 5. The quantitative estimate of drug-likeness (QED) is 0.0732. The standard InChI is InChI=1S/C24H38O17P2/c1-6-18(26)36-12-16-7-8-17(14(3)9-16)39-43(32,33)41-23-20(34-5)19(27)21(38-28)24(40-42(29,30)31)22(23)37-11-13(2)10-35-15(4)25/h7-9,13,19-24,27-28H,6,10-12H2,1-5H3,(H,32,33)(H2,29,30,31)/t13?,19-,20+,21+,22-,23+,24-/m0/s1. The van der Waals surface area contributed by atoms with Crippen LogP contribution in [-0.2, 0) is 58.2 Å². The first kappa shape index (κ1) is 37.2. The molecule has 0 heterocycles. The Bertz CT molecular complexity index is 1170. The molecule has 0 bridgehead atoms. The van der Waals surface area contributed by atoms with Gasteiger partial charge in [-0.25, -0.2) is 14.0 Å². The lowest BCUT2D eigenvalue weighted by Gasteiger charge is -2.46. The highest BCUT2D eigenvalue weighted by molar-refractivity contribution is 7.47. The fraction of sp³-hybridized carbons (Fsp3) is 0.667. The van der Waals surface area contributed by atoms with Crippen molar-refractivity contribution >= 4 is 27.6 Å². The van der Waals surface area contributed by atoms with Crippen LogP contribution in [0.1, 0.15) is 38.3 Å². The minimum atomic E-state index is -5.35. The molecule has 1 fully saturated rings. The van der Waals surface area contributed by atoms with Crippen LogP contribution >= 0.6 is 15.6 Å². The molecule has 0 aromatic heterocycles. The molecule has 1 aromatic rings. The number of benzene rings is 1. The molecular formula is C24H38O17P2. The van der Waals surface area contributed by atoms with Gasteiger partial charge in [0.25, 0.3) is 0 Å². The van der Waals surface area contributed by atoms with Crippen LogP contribution in [0.5, 0.6) is 5.75 Å². The van der Waals surface area contributed by atoms with Gasteiger partial charge in [-0.05, 0) is 30.2 Å². The molecule has 43 heavy (non-hydrogen) atoms. The van der Waals surface area contributed by atoms with Gasteiger partial charge in [0.05, 0.1) is 13.2 Å². The minimum absolute atomic E-state index is 0.0412. The number of aliphatic hydroxyl groups excluding tert-OH is 1. The number of aryl methyl sites for hydroxylation is 1. The molecule has 1 saturated carbocycles. The van der Waals surface area contributed by atoms with Gasteiger partial charge in [0.2, 0.25) is 0 Å². The maximum absolute atomic E-state index is 13.2. The Morgan fingerprint density at radius 1 is 0.977 bits per heavy atom. The molecule has 1 aliphatic rings. The zero-order chi connectivity index (χ0) is 32.5. The van der Waals surface area contributed by atoms with Gasteiger partial charge < -0.3 is 38.4 Å². The number of phosphoric acid groups is 2. The van der Waals surface area contributed by atoms with E-state index < -0.39 is 70.1 Å². The van der Waals surface area contributed by atoms with E-state index in [1.807, 2.05) is 0 Å². The summed E-state index contributed by atoms with van der Waals surface area (Å²) in [5.74, 6) is -1.61. The van der Waals surface area contributed by atoms with Gasteiger partial charge in [-0.3, -0.25) is 28.8 Å². The lowest BCUT2D eigenvalue weighted by Crippen LogP contribution is -2.66. The van der Waals surface area contributed by atoms with Gasteiger partial charge in [0.15, 0.2) is 6.10 Å². The van der Waals surface area contributed by atoms with Gasteiger partial charge in [0.1, 0.15) is 42.9 Å². The van der Waals surface area contributed by atoms with Gasteiger partial charge in [0, 0.05) is 26.4 Å². The van der Waals surface area contributed by atoms with Crippen LogP contribution in [-0.4, -0.2) is 93.9 Å². The van der Waals surface area contributed by atoms with Crippen molar-refractivity contribution in [3.05, 3.63) is 29.3 Å². The normalized spacial score (nSPS) is 26.3. The zero-order valence-corrected chi connectivity index (χ0v) is 25.9. The van der Waals surface area contributed by atoms with E-state index in [1.165, 1.54) is 19.1 Å². The summed E-state index contributed by atoms with van der Waals surface area (Å²) in [5.41, 5.74) is 0.928. The van der Waals surface area contributed by atoms with Gasteiger partial charge >= 0.3 is 27.6 Å². The fourth-order valence-electron chi connectivity index (χ4n) is 4.17. The molecule has 2 unspecified atom stereocenters. The van der Waals surface area contributed by atoms with Crippen molar-refractivity contribution in [3.8, 4) is 5.75 Å². The average Bonchev–Trinajstić information content (AvgIpc) is 2.90. The molecule has 0 spiro atoms. The minimum Gasteiger partial charge on any atom is -0.466 e. The molecule has 0 amide bonds. The predicted octanol–water partition coefficient (Wildman–Crippen LogP) is 1.62. The van der Waals surface area contributed by atoms with Crippen molar-refractivity contribution < 1.29 is 81.2 Å². The molecule has 19 heteroatoms. The van der Waals surface area contributed by atoms with Crippen molar-refractivity contribution in [2.45, 2.75) is 77.3 Å². The van der Waals surface area contributed by atoms with Crippen LogP contribution < -0.4 is 4.52 Å². The number of rotatable bonds is 16. The maximum Gasteiger partial charge on any atom is 0.527 e. The SMILES string of the molecule is CCC(=O)OCc1ccc(OP(=O)(O)O[C@H]2[C@H](OCC(C)COC(C)=O)[C@@H](OP(=O)(O)O)[C@H](OO)[C@@H](O)[C@H]2OC)c(C)c1. The number of hydrogen-bond acceptors (Lipinski definition) is 14. The van der Waals surface area contributed by atoms with E-state index in [2.05, 4.69) is 4.89 Å². The van der Waals surface area contributed by atoms with Crippen LogP contribution in [0.2, 0.25) is 0 Å². The number of methoxy groups -OCH3 is 1. The Morgan fingerprint density at radius 3 is 2.16 bits per heavy atom. The van der Waals surface area contributed by atoms with Crippen molar-refractivity contribution in [2.24, 2.45) is 5.92 Å². The van der Waals surface area contributed by atoms with Gasteiger partial charge in [-0.2, -0.15) is 0 Å². The molecule has 246 valence electrons. The van der Waals surface area contributed by atoms with Crippen molar-refractivity contribution in [1.29, 1.82) is 0 Å². The monoisotopic (exact) mass is 660 g/mol. The molecule has 0 aliphatic heterocycles. The topological polar surface area (TPSA) is 243 Å². The number of carbonyl (C=O) groups is 2. The molecule has 1 aliphatic carbocycles. The summed E-state index contributed by atoms with van der Waals surface area (Å²) in [4.78, 5) is 56.6. The lowest BCUT2D eigenvalue weighted by atomic mass is 9.84. The largest absolute Gasteiger partial charge is 0.527 e. The molecule has 2 rings (SSSR count). The van der Waals surface area contributed by atoms with E-state index in [1.54, 1.807) is 26.8 Å². The Labute approximate surface area is 247 Å². The van der Waals surface area contributed by atoms with Crippen molar-refractivity contribution in [3.63, 3.8) is 0 Å². The third-order valence-corrected chi connectivity index (χ3v) is 7.62. The third kappa shape index (κ3) is 11.5. The van der Waals surface area contributed by atoms with E-state index in [9.17, 15) is 43.8 Å². The highest BCUT2D eigenvalue weighted by Crippen LogP contribution is 2.50.